The van der Waals surface area contributed by atoms with Crippen LogP contribution in [-0.4, -0.2) is 11.1 Å². The lowest BCUT2D eigenvalue weighted by atomic mass is 10.0. The Balaban J connectivity index is 2.17. The third-order valence-corrected chi connectivity index (χ3v) is 2.75. The van der Waals surface area contributed by atoms with Gasteiger partial charge in [0.15, 0.2) is 11.5 Å². The number of phenols is 1. The maximum Gasteiger partial charge on any atom is 0.308 e. The topological polar surface area (TPSA) is 72.5 Å². The molecular formula is C12H15NO3. The molecule has 0 aliphatic heterocycles. The zero-order valence-corrected chi connectivity index (χ0v) is 9.14. The molecule has 1 aliphatic rings. The molecule has 4 heteroatoms. The van der Waals surface area contributed by atoms with E-state index in [4.69, 9.17) is 10.5 Å². The fourth-order valence-corrected chi connectivity index (χ4v) is 1.71. The quantitative estimate of drug-likeness (QED) is 0.602. The molecular weight excluding hydrogens is 206 g/mol. The van der Waals surface area contributed by atoms with Gasteiger partial charge in [0.05, 0.1) is 0 Å². The van der Waals surface area contributed by atoms with E-state index in [1.807, 2.05) is 0 Å². The number of carbonyl (C=O) groups is 1. The predicted molar refractivity (Wildman–Crippen MR) is 59.1 cm³/mol. The van der Waals surface area contributed by atoms with Crippen molar-refractivity contribution in [1.82, 2.24) is 0 Å². The Morgan fingerprint density at radius 1 is 1.56 bits per heavy atom. The highest BCUT2D eigenvalue weighted by molar-refractivity contribution is 5.70. The number of rotatable bonds is 3. The van der Waals surface area contributed by atoms with E-state index in [2.05, 4.69) is 0 Å². The van der Waals surface area contributed by atoms with Crippen molar-refractivity contribution in [3.8, 4) is 11.5 Å². The van der Waals surface area contributed by atoms with Crippen LogP contribution in [-0.2, 0) is 4.79 Å². The summed E-state index contributed by atoms with van der Waals surface area (Å²) in [7, 11) is 0. The zero-order chi connectivity index (χ0) is 11.7. The van der Waals surface area contributed by atoms with Gasteiger partial charge >= 0.3 is 5.97 Å². The van der Waals surface area contributed by atoms with Gasteiger partial charge in [-0.15, -0.1) is 0 Å². The third kappa shape index (κ3) is 2.33. The van der Waals surface area contributed by atoms with Crippen molar-refractivity contribution < 1.29 is 14.6 Å². The van der Waals surface area contributed by atoms with Gasteiger partial charge in [-0.3, -0.25) is 4.79 Å². The molecule has 0 radical (unpaired) electrons. The molecule has 0 amide bonds. The summed E-state index contributed by atoms with van der Waals surface area (Å²) in [6.07, 6.45) is 2.29. The highest BCUT2D eigenvalue weighted by Gasteiger charge is 2.29. The summed E-state index contributed by atoms with van der Waals surface area (Å²) in [4.78, 5) is 10.7. The van der Waals surface area contributed by atoms with Crippen molar-refractivity contribution in [2.45, 2.75) is 25.8 Å². The summed E-state index contributed by atoms with van der Waals surface area (Å²) in [5, 5.41) is 9.66. The van der Waals surface area contributed by atoms with Crippen LogP contribution in [0.5, 0.6) is 11.5 Å². The summed E-state index contributed by atoms with van der Waals surface area (Å²) in [6.45, 7) is 1.29. The van der Waals surface area contributed by atoms with Crippen LogP contribution in [0.25, 0.3) is 0 Å². The molecule has 0 heterocycles. The number of esters is 1. The van der Waals surface area contributed by atoms with Crippen LogP contribution in [0, 0.1) is 5.92 Å². The second-order valence-corrected chi connectivity index (χ2v) is 4.18. The number of benzene rings is 1. The molecule has 0 aromatic heterocycles. The van der Waals surface area contributed by atoms with Gasteiger partial charge in [0.2, 0.25) is 0 Å². The molecule has 4 nitrogen and oxygen atoms in total. The number of hydrogen-bond acceptors (Lipinski definition) is 4. The summed E-state index contributed by atoms with van der Waals surface area (Å²) >= 11 is 0. The van der Waals surface area contributed by atoms with Crippen molar-refractivity contribution in [2.75, 3.05) is 0 Å². The smallest absolute Gasteiger partial charge is 0.308 e. The van der Waals surface area contributed by atoms with E-state index >= 15 is 0 Å². The van der Waals surface area contributed by atoms with Gasteiger partial charge in [-0.05, 0) is 36.5 Å². The summed E-state index contributed by atoms with van der Waals surface area (Å²) in [5.41, 5.74) is 6.89. The molecule has 1 aromatic carbocycles. The van der Waals surface area contributed by atoms with Crippen LogP contribution in [0.2, 0.25) is 0 Å². The number of hydrogen-bond donors (Lipinski definition) is 2. The Kier molecular flexibility index (Phi) is 2.83. The van der Waals surface area contributed by atoms with Crippen LogP contribution >= 0.6 is 0 Å². The number of phenolic OH excluding ortho intramolecular Hbond substituents is 1. The number of aromatic hydroxyl groups is 1. The molecule has 0 unspecified atom stereocenters. The van der Waals surface area contributed by atoms with E-state index in [0.29, 0.717) is 5.92 Å². The Bertz CT molecular complexity index is 413. The first kappa shape index (κ1) is 11.0. The molecule has 1 fully saturated rings. The van der Waals surface area contributed by atoms with Crippen molar-refractivity contribution in [3.05, 3.63) is 23.8 Å². The molecule has 2 rings (SSSR count). The summed E-state index contributed by atoms with van der Waals surface area (Å²) < 4.78 is 4.83. The first-order valence-corrected chi connectivity index (χ1v) is 5.35. The largest absolute Gasteiger partial charge is 0.504 e. The van der Waals surface area contributed by atoms with Gasteiger partial charge in [-0.2, -0.15) is 0 Å². The summed E-state index contributed by atoms with van der Waals surface area (Å²) in [6, 6.07) is 4.91. The Hall–Kier alpha value is -1.55. The number of nitrogens with two attached hydrogens (primary N) is 1. The average Bonchev–Trinajstić information content (AvgIpc) is 3.03. The highest BCUT2D eigenvalue weighted by atomic mass is 16.5. The molecule has 3 N–H and O–H groups in total. The molecule has 1 aliphatic carbocycles. The van der Waals surface area contributed by atoms with Crippen LogP contribution in [0.15, 0.2) is 18.2 Å². The van der Waals surface area contributed by atoms with E-state index in [-0.39, 0.29) is 17.5 Å². The van der Waals surface area contributed by atoms with Crippen LogP contribution in [0.4, 0.5) is 0 Å². The Morgan fingerprint density at radius 3 is 2.75 bits per heavy atom. The van der Waals surface area contributed by atoms with Crippen LogP contribution in [0.1, 0.15) is 31.4 Å². The van der Waals surface area contributed by atoms with Gasteiger partial charge in [0.1, 0.15) is 0 Å². The molecule has 1 atom stereocenters. The van der Waals surface area contributed by atoms with E-state index < -0.39 is 5.97 Å². The van der Waals surface area contributed by atoms with Gasteiger partial charge in [0, 0.05) is 13.0 Å². The first-order chi connectivity index (χ1) is 7.58. The molecule has 1 saturated carbocycles. The first-order valence-electron chi connectivity index (χ1n) is 5.35. The van der Waals surface area contributed by atoms with Crippen molar-refractivity contribution in [3.63, 3.8) is 0 Å². The Labute approximate surface area is 94.0 Å². The molecule has 16 heavy (non-hydrogen) atoms. The fourth-order valence-electron chi connectivity index (χ4n) is 1.71. The van der Waals surface area contributed by atoms with E-state index in [0.717, 1.165) is 18.4 Å². The lowest BCUT2D eigenvalue weighted by Gasteiger charge is -2.12. The zero-order valence-electron chi connectivity index (χ0n) is 9.14. The lowest BCUT2D eigenvalue weighted by Crippen LogP contribution is -2.12. The van der Waals surface area contributed by atoms with E-state index in [9.17, 15) is 9.90 Å². The molecule has 1 aromatic rings. The van der Waals surface area contributed by atoms with E-state index in [1.54, 1.807) is 18.2 Å². The molecule has 0 bridgehead atoms. The fraction of sp³-hybridized carbons (Fsp3) is 0.417. The van der Waals surface area contributed by atoms with E-state index in [1.165, 1.54) is 6.92 Å². The van der Waals surface area contributed by atoms with Gasteiger partial charge < -0.3 is 15.6 Å². The normalized spacial score (nSPS) is 16.9. The van der Waals surface area contributed by atoms with Crippen molar-refractivity contribution in [1.29, 1.82) is 0 Å². The van der Waals surface area contributed by atoms with Crippen molar-refractivity contribution >= 4 is 5.97 Å². The second-order valence-electron chi connectivity index (χ2n) is 4.18. The minimum absolute atomic E-state index is 0.0303. The Morgan fingerprint density at radius 2 is 2.25 bits per heavy atom. The van der Waals surface area contributed by atoms with Gasteiger partial charge in [-0.25, -0.2) is 0 Å². The van der Waals surface area contributed by atoms with Crippen LogP contribution in [0.3, 0.4) is 0 Å². The van der Waals surface area contributed by atoms with Gasteiger partial charge in [0.25, 0.3) is 0 Å². The highest BCUT2D eigenvalue weighted by Crippen LogP contribution is 2.41. The summed E-state index contributed by atoms with van der Waals surface area (Å²) in [5.74, 6) is 0.219. The monoisotopic (exact) mass is 221 g/mol. The van der Waals surface area contributed by atoms with Crippen molar-refractivity contribution in [2.24, 2.45) is 11.7 Å². The third-order valence-electron chi connectivity index (χ3n) is 2.75. The predicted octanol–water partition coefficient (Wildman–Crippen LogP) is 1.73. The minimum atomic E-state index is -0.449. The van der Waals surface area contributed by atoms with Gasteiger partial charge in [-0.1, -0.05) is 6.07 Å². The number of carbonyl (C=O) groups excluding carboxylic acids is 1. The minimum Gasteiger partial charge on any atom is -0.504 e. The maximum atomic E-state index is 10.7. The number of ether oxygens (including phenoxy) is 1. The molecule has 0 saturated heterocycles. The van der Waals surface area contributed by atoms with Crippen LogP contribution < -0.4 is 10.5 Å². The molecule has 0 spiro atoms. The standard InChI is InChI=1S/C12H15NO3/c1-7(14)16-11-5-4-9(6-10(11)15)12(13)8-2-3-8/h4-6,8,12,15H,2-3,13H2,1H3/t12-/m0/s1. The molecule has 86 valence electrons. The lowest BCUT2D eigenvalue weighted by molar-refractivity contribution is -0.132. The second kappa shape index (κ2) is 4.14. The average molecular weight is 221 g/mol. The maximum absolute atomic E-state index is 10.7. The SMILES string of the molecule is CC(=O)Oc1ccc([C@@H](N)C2CC2)cc1O.